The first-order valence-electron chi connectivity index (χ1n) is 5.55. The molecule has 1 fully saturated rings. The second kappa shape index (κ2) is 5.47. The second-order valence-corrected chi connectivity index (χ2v) is 4.71. The molecule has 1 saturated heterocycles. The molecule has 0 aromatic rings. The number of aliphatic hydroxyl groups is 4. The Labute approximate surface area is 104 Å². The molecular weight excluding hydrogens is 246 g/mol. The minimum atomic E-state index is -1.70. The van der Waals surface area contributed by atoms with E-state index in [9.17, 15) is 20.1 Å². The largest absolute Gasteiger partial charge is 0.479 e. The Balaban J connectivity index is 2.92. The third-order valence-corrected chi connectivity index (χ3v) is 3.19. The molecule has 3 unspecified atom stereocenters. The van der Waals surface area contributed by atoms with E-state index in [1.807, 2.05) is 0 Å². The lowest BCUT2D eigenvalue weighted by atomic mass is 9.85. The van der Waals surface area contributed by atoms with Crippen molar-refractivity contribution in [1.82, 2.24) is 0 Å². The summed E-state index contributed by atoms with van der Waals surface area (Å²) in [4.78, 5) is 11.1. The Kier molecular flexibility index (Phi) is 4.65. The number of aliphatic hydroxyl groups excluding tert-OH is 4. The fraction of sp³-hybridized carbons (Fsp3) is 0.900. The minimum absolute atomic E-state index is 0.220. The van der Waals surface area contributed by atoms with Gasteiger partial charge in [0.15, 0.2) is 5.60 Å². The highest BCUT2D eigenvalue weighted by Crippen LogP contribution is 2.30. The topological polar surface area (TPSA) is 153 Å². The molecule has 0 bridgehead atoms. The summed E-state index contributed by atoms with van der Waals surface area (Å²) in [5, 5.41) is 46.5. The zero-order chi connectivity index (χ0) is 14.1. The summed E-state index contributed by atoms with van der Waals surface area (Å²) in [6.07, 6.45) is -5.80. The molecule has 1 heterocycles. The van der Waals surface area contributed by atoms with Crippen molar-refractivity contribution in [3.05, 3.63) is 0 Å². The Morgan fingerprint density at radius 2 is 2.11 bits per heavy atom. The number of hydrogen-bond acceptors (Lipinski definition) is 7. The van der Waals surface area contributed by atoms with E-state index in [4.69, 9.17) is 20.7 Å². The number of aliphatic carboxylic acids is 1. The van der Waals surface area contributed by atoms with Gasteiger partial charge in [0.2, 0.25) is 0 Å². The first-order valence-corrected chi connectivity index (χ1v) is 5.55. The van der Waals surface area contributed by atoms with Gasteiger partial charge in [-0.05, 0) is 6.92 Å². The lowest BCUT2D eigenvalue weighted by Crippen LogP contribution is -2.64. The molecule has 0 amide bonds. The summed E-state index contributed by atoms with van der Waals surface area (Å²) < 4.78 is 5.20. The van der Waals surface area contributed by atoms with Crippen molar-refractivity contribution in [1.29, 1.82) is 0 Å². The monoisotopic (exact) mass is 265 g/mol. The van der Waals surface area contributed by atoms with Gasteiger partial charge in [0.1, 0.15) is 18.3 Å². The van der Waals surface area contributed by atoms with Gasteiger partial charge in [0, 0.05) is 6.42 Å². The summed E-state index contributed by atoms with van der Waals surface area (Å²) >= 11 is 0. The predicted octanol–water partition coefficient (Wildman–Crippen LogP) is -2.98. The van der Waals surface area contributed by atoms with Gasteiger partial charge in [-0.25, -0.2) is 4.79 Å². The average molecular weight is 265 g/mol. The molecule has 0 radical (unpaired) electrons. The molecule has 1 rings (SSSR count). The van der Waals surface area contributed by atoms with Crippen LogP contribution in [0.15, 0.2) is 0 Å². The first-order chi connectivity index (χ1) is 8.23. The molecule has 0 aliphatic carbocycles. The van der Waals surface area contributed by atoms with Crippen LogP contribution >= 0.6 is 0 Å². The van der Waals surface area contributed by atoms with Crippen LogP contribution in [-0.2, 0) is 9.53 Å². The van der Waals surface area contributed by atoms with Crippen LogP contribution in [-0.4, -0.2) is 74.2 Å². The maximum atomic E-state index is 11.1. The van der Waals surface area contributed by atoms with Gasteiger partial charge >= 0.3 is 5.97 Å². The Hall–Kier alpha value is -0.770. The van der Waals surface area contributed by atoms with Gasteiger partial charge < -0.3 is 36.0 Å². The number of nitrogens with two attached hydrogens (primary N) is 1. The quantitative estimate of drug-likeness (QED) is 0.315. The van der Waals surface area contributed by atoms with Crippen LogP contribution in [0.3, 0.4) is 0 Å². The molecule has 8 heteroatoms. The Morgan fingerprint density at radius 3 is 2.56 bits per heavy atom. The highest BCUT2D eigenvalue weighted by molar-refractivity contribution is 5.77. The Bertz CT molecular complexity index is 313. The molecule has 0 spiro atoms. The SMILES string of the molecule is C[C@@]1(C(=O)O)C[C@H](O)C(N)C(C(O)[C@H](O)CO)O1. The highest BCUT2D eigenvalue weighted by atomic mass is 16.6. The summed E-state index contributed by atoms with van der Waals surface area (Å²) in [5.74, 6) is -1.30. The molecule has 1 aliphatic heterocycles. The van der Waals surface area contributed by atoms with Crippen LogP contribution in [0.5, 0.6) is 0 Å². The Morgan fingerprint density at radius 1 is 1.56 bits per heavy atom. The molecular formula is C10H19NO7. The smallest absolute Gasteiger partial charge is 0.335 e. The van der Waals surface area contributed by atoms with Crippen LogP contribution in [0.2, 0.25) is 0 Å². The van der Waals surface area contributed by atoms with E-state index in [-0.39, 0.29) is 6.42 Å². The van der Waals surface area contributed by atoms with Crippen molar-refractivity contribution >= 4 is 5.97 Å². The van der Waals surface area contributed by atoms with E-state index >= 15 is 0 Å². The third-order valence-electron chi connectivity index (χ3n) is 3.19. The number of carboxylic acids is 1. The van der Waals surface area contributed by atoms with Gasteiger partial charge in [0.25, 0.3) is 0 Å². The van der Waals surface area contributed by atoms with Crippen molar-refractivity contribution in [3.8, 4) is 0 Å². The van der Waals surface area contributed by atoms with Gasteiger partial charge in [-0.15, -0.1) is 0 Å². The van der Waals surface area contributed by atoms with Crippen LogP contribution < -0.4 is 5.73 Å². The zero-order valence-electron chi connectivity index (χ0n) is 9.93. The summed E-state index contributed by atoms with van der Waals surface area (Å²) in [6, 6.07) is -1.05. The van der Waals surface area contributed by atoms with Crippen LogP contribution in [0, 0.1) is 0 Å². The first kappa shape index (κ1) is 15.3. The molecule has 7 N–H and O–H groups in total. The highest BCUT2D eigenvalue weighted by Gasteiger charge is 2.50. The molecule has 106 valence electrons. The minimum Gasteiger partial charge on any atom is -0.479 e. The number of carbonyl (C=O) groups is 1. The lowest BCUT2D eigenvalue weighted by molar-refractivity contribution is -0.221. The van der Waals surface area contributed by atoms with Gasteiger partial charge in [-0.1, -0.05) is 0 Å². The van der Waals surface area contributed by atoms with Gasteiger partial charge in [0.05, 0.1) is 18.8 Å². The van der Waals surface area contributed by atoms with E-state index < -0.39 is 48.6 Å². The number of carboxylic acid groups (broad SMARTS) is 1. The second-order valence-electron chi connectivity index (χ2n) is 4.71. The molecule has 0 aromatic heterocycles. The van der Waals surface area contributed by atoms with Gasteiger partial charge in [-0.3, -0.25) is 0 Å². The zero-order valence-corrected chi connectivity index (χ0v) is 9.93. The lowest BCUT2D eigenvalue weighted by Gasteiger charge is -2.44. The van der Waals surface area contributed by atoms with Crippen LogP contribution in [0.25, 0.3) is 0 Å². The van der Waals surface area contributed by atoms with Crippen molar-refractivity contribution < 1.29 is 35.1 Å². The van der Waals surface area contributed by atoms with E-state index in [2.05, 4.69) is 0 Å². The molecule has 8 nitrogen and oxygen atoms in total. The average Bonchev–Trinajstić information content (AvgIpc) is 2.31. The van der Waals surface area contributed by atoms with E-state index in [1.54, 1.807) is 0 Å². The van der Waals surface area contributed by atoms with Gasteiger partial charge in [-0.2, -0.15) is 0 Å². The van der Waals surface area contributed by atoms with Crippen molar-refractivity contribution in [3.63, 3.8) is 0 Å². The number of rotatable bonds is 4. The van der Waals surface area contributed by atoms with Crippen molar-refractivity contribution in [2.45, 2.75) is 49.4 Å². The van der Waals surface area contributed by atoms with Crippen LogP contribution in [0.4, 0.5) is 0 Å². The predicted molar refractivity (Wildman–Crippen MR) is 58.6 cm³/mol. The summed E-state index contributed by atoms with van der Waals surface area (Å²) in [5.41, 5.74) is 3.92. The van der Waals surface area contributed by atoms with E-state index in [0.717, 1.165) is 0 Å². The van der Waals surface area contributed by atoms with Crippen molar-refractivity contribution in [2.24, 2.45) is 5.73 Å². The molecule has 6 atom stereocenters. The maximum Gasteiger partial charge on any atom is 0.335 e. The fourth-order valence-electron chi connectivity index (χ4n) is 1.94. The molecule has 0 aromatic carbocycles. The van der Waals surface area contributed by atoms with Crippen LogP contribution in [0.1, 0.15) is 13.3 Å². The summed E-state index contributed by atoms with van der Waals surface area (Å²) in [6.45, 7) is 0.517. The van der Waals surface area contributed by atoms with E-state index in [0.29, 0.717) is 0 Å². The molecule has 1 aliphatic rings. The number of hydrogen-bond donors (Lipinski definition) is 6. The van der Waals surface area contributed by atoms with Crippen molar-refractivity contribution in [2.75, 3.05) is 6.61 Å². The number of ether oxygens (including phenoxy) is 1. The molecule has 18 heavy (non-hydrogen) atoms. The third kappa shape index (κ3) is 2.79. The normalized spacial score (nSPS) is 40.2. The van der Waals surface area contributed by atoms with E-state index in [1.165, 1.54) is 6.92 Å². The maximum absolute atomic E-state index is 11.1. The summed E-state index contributed by atoms with van der Waals surface area (Å²) in [7, 11) is 0. The standard InChI is InChI=1S/C10H19NO7/c1-10(9(16)17)2-4(13)6(11)8(18-10)7(15)5(14)3-12/h4-8,12-15H,2-3,11H2,1H3,(H,16,17)/t4-,5+,6?,7?,8?,10-/m0/s1. The molecule has 0 saturated carbocycles. The fourth-order valence-corrected chi connectivity index (χ4v) is 1.94.